The zero-order valence-corrected chi connectivity index (χ0v) is 13.7. The minimum absolute atomic E-state index is 0.0238. The van der Waals surface area contributed by atoms with Crippen LogP contribution in [0.3, 0.4) is 0 Å². The number of hydrogen-bond acceptors (Lipinski definition) is 3. The number of aromatic nitrogens is 1. The summed E-state index contributed by atoms with van der Waals surface area (Å²) >= 11 is 0. The molecule has 0 bridgehead atoms. The molecule has 1 aliphatic rings. The molecule has 1 saturated heterocycles. The largest absolute Gasteiger partial charge is 0.463 e. The van der Waals surface area contributed by atoms with Crippen LogP contribution in [0.2, 0.25) is 0 Å². The number of nitrogens with zero attached hydrogens (tertiary/aromatic N) is 3. The van der Waals surface area contributed by atoms with Crippen LogP contribution in [0.1, 0.15) is 37.2 Å². The van der Waals surface area contributed by atoms with Gasteiger partial charge in [0.25, 0.3) is 5.91 Å². The van der Waals surface area contributed by atoms with Gasteiger partial charge in [0.2, 0.25) is 5.91 Å². The van der Waals surface area contributed by atoms with Gasteiger partial charge >= 0.3 is 0 Å². The summed E-state index contributed by atoms with van der Waals surface area (Å²) in [5, 5.41) is 0. The predicted molar refractivity (Wildman–Crippen MR) is 87.3 cm³/mol. The topological polar surface area (TPSA) is 58.7 Å². The molecule has 0 N–H and O–H groups in total. The normalized spacial score (nSPS) is 15.4. The van der Waals surface area contributed by atoms with Gasteiger partial charge in [-0.05, 0) is 6.42 Å². The lowest BCUT2D eigenvalue weighted by atomic mass is 10.2. The Morgan fingerprint density at radius 3 is 2.52 bits per heavy atom. The van der Waals surface area contributed by atoms with Crippen LogP contribution < -0.4 is 0 Å². The predicted octanol–water partition coefficient (Wildman–Crippen LogP) is 2.34. The van der Waals surface area contributed by atoms with E-state index < -0.39 is 0 Å². The molecular formula is C17H23N3O3. The first-order chi connectivity index (χ1) is 11.1. The van der Waals surface area contributed by atoms with Crippen molar-refractivity contribution in [2.75, 3.05) is 26.2 Å². The Kier molecular flexibility index (Phi) is 4.41. The fourth-order valence-electron chi connectivity index (χ4n) is 3.10. The zero-order chi connectivity index (χ0) is 16.4. The van der Waals surface area contributed by atoms with Crippen molar-refractivity contribution in [3.63, 3.8) is 0 Å². The van der Waals surface area contributed by atoms with Gasteiger partial charge in [-0.3, -0.25) is 9.59 Å². The van der Waals surface area contributed by atoms with Crippen LogP contribution in [0.15, 0.2) is 22.8 Å². The third kappa shape index (κ3) is 2.98. The van der Waals surface area contributed by atoms with Crippen molar-refractivity contribution in [1.82, 2.24) is 14.4 Å². The fourth-order valence-corrected chi connectivity index (χ4v) is 3.10. The number of rotatable bonds is 4. The van der Waals surface area contributed by atoms with E-state index in [9.17, 15) is 9.59 Å². The minimum Gasteiger partial charge on any atom is -0.463 e. The molecular weight excluding hydrogens is 294 g/mol. The van der Waals surface area contributed by atoms with Crippen molar-refractivity contribution in [3.05, 3.63) is 24.1 Å². The zero-order valence-electron chi connectivity index (χ0n) is 13.7. The highest BCUT2D eigenvalue weighted by Crippen LogP contribution is 2.23. The number of carbonyl (C=O) groups excluding carboxylic acids is 2. The van der Waals surface area contributed by atoms with Crippen LogP contribution >= 0.6 is 0 Å². The lowest BCUT2D eigenvalue weighted by molar-refractivity contribution is -0.130. The van der Waals surface area contributed by atoms with Gasteiger partial charge in [-0.2, -0.15) is 0 Å². The molecule has 3 rings (SSSR count). The van der Waals surface area contributed by atoms with E-state index in [1.165, 1.54) is 0 Å². The molecule has 0 radical (unpaired) electrons. The second-order valence-corrected chi connectivity index (χ2v) is 6.00. The summed E-state index contributed by atoms with van der Waals surface area (Å²) in [6.07, 6.45) is 3.75. The number of unbranched alkanes of at least 4 members (excludes halogenated alkanes) is 1. The molecule has 0 spiro atoms. The third-order valence-corrected chi connectivity index (χ3v) is 4.49. The Bertz CT molecular complexity index is 708. The van der Waals surface area contributed by atoms with Gasteiger partial charge in [-0.25, -0.2) is 0 Å². The summed E-state index contributed by atoms with van der Waals surface area (Å²) in [6.45, 7) is 6.89. The molecule has 6 heteroatoms. The molecule has 0 unspecified atom stereocenters. The van der Waals surface area contributed by atoms with Crippen LogP contribution in [0.5, 0.6) is 0 Å². The maximum atomic E-state index is 12.9. The van der Waals surface area contributed by atoms with Crippen LogP contribution in [-0.2, 0) is 11.3 Å². The first-order valence-electron chi connectivity index (χ1n) is 8.23. The van der Waals surface area contributed by atoms with Crippen LogP contribution in [0, 0.1) is 0 Å². The molecule has 0 atom stereocenters. The Morgan fingerprint density at radius 1 is 1.17 bits per heavy atom. The Balaban J connectivity index is 1.80. The van der Waals surface area contributed by atoms with E-state index in [2.05, 4.69) is 11.5 Å². The Morgan fingerprint density at radius 2 is 1.87 bits per heavy atom. The number of aryl methyl sites for hydroxylation is 1. The number of carbonyl (C=O) groups is 2. The average Bonchev–Trinajstić information content (AvgIpc) is 3.13. The highest BCUT2D eigenvalue weighted by molar-refractivity contribution is 5.97. The lowest BCUT2D eigenvalue weighted by Crippen LogP contribution is -2.50. The third-order valence-electron chi connectivity index (χ3n) is 4.49. The summed E-state index contributed by atoms with van der Waals surface area (Å²) in [5.41, 5.74) is 2.42. The van der Waals surface area contributed by atoms with Crippen molar-refractivity contribution in [2.45, 2.75) is 33.2 Å². The van der Waals surface area contributed by atoms with E-state index in [-0.39, 0.29) is 11.8 Å². The lowest BCUT2D eigenvalue weighted by Gasteiger charge is -2.34. The van der Waals surface area contributed by atoms with Crippen LogP contribution in [0.4, 0.5) is 0 Å². The summed E-state index contributed by atoms with van der Waals surface area (Å²) in [7, 11) is 0. The fraction of sp³-hybridized carbons (Fsp3) is 0.529. The molecule has 23 heavy (non-hydrogen) atoms. The van der Waals surface area contributed by atoms with Crippen molar-refractivity contribution in [2.24, 2.45) is 0 Å². The maximum Gasteiger partial charge on any atom is 0.270 e. The van der Waals surface area contributed by atoms with E-state index in [1.54, 1.807) is 18.1 Å². The number of fused-ring (bicyclic) bond motifs is 1. The molecule has 3 heterocycles. The number of hydrogen-bond donors (Lipinski definition) is 0. The number of amides is 2. The van der Waals surface area contributed by atoms with Crippen LogP contribution in [-0.4, -0.2) is 52.4 Å². The highest BCUT2D eigenvalue weighted by atomic mass is 16.3. The molecule has 0 saturated carbocycles. The summed E-state index contributed by atoms with van der Waals surface area (Å²) in [4.78, 5) is 27.9. The second-order valence-electron chi connectivity index (χ2n) is 6.00. The molecule has 0 aromatic carbocycles. The molecule has 1 aliphatic heterocycles. The van der Waals surface area contributed by atoms with E-state index in [4.69, 9.17) is 4.42 Å². The highest BCUT2D eigenvalue weighted by Gasteiger charge is 2.26. The summed E-state index contributed by atoms with van der Waals surface area (Å²) in [6, 6.07) is 3.75. The molecule has 2 amide bonds. The van der Waals surface area contributed by atoms with Crippen molar-refractivity contribution < 1.29 is 14.0 Å². The molecule has 124 valence electrons. The van der Waals surface area contributed by atoms with Gasteiger partial charge in [-0.1, -0.05) is 13.3 Å². The smallest absolute Gasteiger partial charge is 0.270 e. The van der Waals surface area contributed by atoms with Gasteiger partial charge in [0.05, 0.1) is 11.8 Å². The van der Waals surface area contributed by atoms with Crippen molar-refractivity contribution in [1.29, 1.82) is 0 Å². The molecule has 0 aliphatic carbocycles. The molecule has 2 aromatic heterocycles. The minimum atomic E-state index is 0.0238. The van der Waals surface area contributed by atoms with Gasteiger partial charge in [-0.15, -0.1) is 0 Å². The monoisotopic (exact) mass is 317 g/mol. The molecule has 2 aromatic rings. The van der Waals surface area contributed by atoms with E-state index in [1.807, 2.05) is 17.0 Å². The van der Waals surface area contributed by atoms with Crippen LogP contribution in [0.25, 0.3) is 11.1 Å². The van der Waals surface area contributed by atoms with E-state index in [0.717, 1.165) is 30.5 Å². The van der Waals surface area contributed by atoms with Crippen molar-refractivity contribution in [3.8, 4) is 0 Å². The maximum absolute atomic E-state index is 12.9. The summed E-state index contributed by atoms with van der Waals surface area (Å²) in [5.74, 6) is 0.0941. The molecule has 1 fully saturated rings. The first kappa shape index (κ1) is 15.6. The SMILES string of the molecule is CCCCn1c(C(=O)N2CCN(C(C)=O)CC2)cc2occc21. The van der Waals surface area contributed by atoms with Gasteiger partial charge in [0.15, 0.2) is 5.58 Å². The van der Waals surface area contributed by atoms with Gasteiger partial charge < -0.3 is 18.8 Å². The summed E-state index contributed by atoms with van der Waals surface area (Å²) < 4.78 is 7.52. The number of furan rings is 1. The Hall–Kier alpha value is -2.24. The van der Waals surface area contributed by atoms with E-state index in [0.29, 0.717) is 31.9 Å². The van der Waals surface area contributed by atoms with Gasteiger partial charge in [0.1, 0.15) is 5.69 Å². The quantitative estimate of drug-likeness (QED) is 0.869. The average molecular weight is 317 g/mol. The van der Waals surface area contributed by atoms with Gasteiger partial charge in [0, 0.05) is 51.8 Å². The van der Waals surface area contributed by atoms with E-state index >= 15 is 0 Å². The van der Waals surface area contributed by atoms with Crippen molar-refractivity contribution >= 4 is 22.9 Å². The molecule has 6 nitrogen and oxygen atoms in total. The number of piperazine rings is 1. The second kappa shape index (κ2) is 6.48. The Labute approximate surface area is 135 Å². The standard InChI is InChI=1S/C17H23N3O3/c1-3-4-6-20-14-5-11-23-16(14)12-15(20)17(22)19-9-7-18(8-10-19)13(2)21/h5,11-12H,3-4,6-10H2,1-2H3. The first-order valence-corrected chi connectivity index (χ1v) is 8.23.